The molecule has 0 aliphatic carbocycles. The van der Waals surface area contributed by atoms with Gasteiger partial charge in [0.15, 0.2) is 6.29 Å². The fraction of sp³-hybridized carbons (Fsp3) is 0.455. The highest BCUT2D eigenvalue weighted by atomic mass is 19.1. The topological polar surface area (TPSA) is 30.5 Å². The third-order valence-electron chi connectivity index (χ3n) is 2.20. The van der Waals surface area contributed by atoms with Crippen molar-refractivity contribution in [1.29, 1.82) is 0 Å². The molecule has 1 aromatic carbocycles. The molecule has 0 unspecified atom stereocenters. The molecule has 0 amide bonds. The summed E-state index contributed by atoms with van der Waals surface area (Å²) in [4.78, 5) is 0. The first-order valence-corrected chi connectivity index (χ1v) is 4.88. The van der Waals surface area contributed by atoms with E-state index in [0.717, 1.165) is 0 Å². The van der Waals surface area contributed by atoms with Gasteiger partial charge in [-0.05, 0) is 12.1 Å². The third kappa shape index (κ3) is 3.52. The summed E-state index contributed by atoms with van der Waals surface area (Å²) < 4.78 is 36.2. The number of rotatable bonds is 6. The van der Waals surface area contributed by atoms with Crippen LogP contribution in [0.3, 0.4) is 0 Å². The Hall–Kier alpha value is -1.04. The minimum Gasteiger partial charge on any atom is -0.355 e. The van der Waals surface area contributed by atoms with Crippen molar-refractivity contribution < 1.29 is 18.3 Å². The largest absolute Gasteiger partial charge is 0.355 e. The standard InChI is InChI=1S/C11H15F2NO2/c1-15-11(16-2)7-14-6-8-9(12)4-3-5-10(8)13/h3-5,11,14H,6-7H2,1-2H3. The first kappa shape index (κ1) is 13.0. The van der Waals surface area contributed by atoms with Crippen molar-refractivity contribution in [3.8, 4) is 0 Å². The van der Waals surface area contributed by atoms with Crippen LogP contribution in [0.1, 0.15) is 5.56 Å². The highest BCUT2D eigenvalue weighted by molar-refractivity contribution is 5.19. The highest BCUT2D eigenvalue weighted by Gasteiger charge is 2.09. The molecule has 0 bridgehead atoms. The van der Waals surface area contributed by atoms with Gasteiger partial charge in [0.25, 0.3) is 0 Å². The zero-order valence-corrected chi connectivity index (χ0v) is 9.30. The van der Waals surface area contributed by atoms with E-state index in [0.29, 0.717) is 6.54 Å². The third-order valence-corrected chi connectivity index (χ3v) is 2.20. The summed E-state index contributed by atoms with van der Waals surface area (Å²) in [6, 6.07) is 3.79. The van der Waals surface area contributed by atoms with E-state index in [4.69, 9.17) is 9.47 Å². The molecule has 1 aromatic rings. The van der Waals surface area contributed by atoms with Crippen LogP contribution >= 0.6 is 0 Å². The predicted octanol–water partition coefficient (Wildman–Crippen LogP) is 1.67. The molecular formula is C11H15F2NO2. The Labute approximate surface area is 93.4 Å². The molecule has 0 aliphatic rings. The van der Waals surface area contributed by atoms with Gasteiger partial charge in [0.2, 0.25) is 0 Å². The summed E-state index contributed by atoms with van der Waals surface area (Å²) in [5.74, 6) is -1.11. The van der Waals surface area contributed by atoms with Crippen molar-refractivity contribution in [3.05, 3.63) is 35.4 Å². The molecule has 0 saturated carbocycles. The molecule has 0 spiro atoms. The van der Waals surface area contributed by atoms with E-state index in [-0.39, 0.29) is 12.1 Å². The average Bonchev–Trinajstić information content (AvgIpc) is 2.28. The molecule has 1 rings (SSSR count). The average molecular weight is 231 g/mol. The molecule has 0 heterocycles. The van der Waals surface area contributed by atoms with Gasteiger partial charge in [-0.15, -0.1) is 0 Å². The summed E-state index contributed by atoms with van der Waals surface area (Å²) in [6.45, 7) is 0.461. The van der Waals surface area contributed by atoms with Crippen LogP contribution in [0, 0.1) is 11.6 Å². The van der Waals surface area contributed by atoms with Gasteiger partial charge in [-0.2, -0.15) is 0 Å². The fourth-order valence-corrected chi connectivity index (χ4v) is 1.28. The van der Waals surface area contributed by atoms with Gasteiger partial charge in [-0.1, -0.05) is 6.07 Å². The summed E-state index contributed by atoms with van der Waals surface area (Å²) in [5, 5.41) is 2.86. The summed E-state index contributed by atoms with van der Waals surface area (Å²) in [5.41, 5.74) is 0.0217. The molecular weight excluding hydrogens is 216 g/mol. The monoisotopic (exact) mass is 231 g/mol. The van der Waals surface area contributed by atoms with Crippen LogP contribution in [0.25, 0.3) is 0 Å². The Morgan fingerprint density at radius 1 is 1.19 bits per heavy atom. The van der Waals surface area contributed by atoms with Gasteiger partial charge in [-0.25, -0.2) is 8.78 Å². The number of ether oxygens (including phenoxy) is 2. The van der Waals surface area contributed by atoms with E-state index in [1.807, 2.05) is 0 Å². The predicted molar refractivity (Wildman–Crippen MR) is 55.9 cm³/mol. The quantitative estimate of drug-likeness (QED) is 0.755. The van der Waals surface area contributed by atoms with Crippen LogP contribution in [0.15, 0.2) is 18.2 Å². The Balaban J connectivity index is 2.48. The Bertz CT molecular complexity index is 310. The fourth-order valence-electron chi connectivity index (χ4n) is 1.28. The lowest BCUT2D eigenvalue weighted by atomic mass is 10.2. The molecule has 16 heavy (non-hydrogen) atoms. The van der Waals surface area contributed by atoms with Crippen LogP contribution < -0.4 is 5.32 Å². The van der Waals surface area contributed by atoms with Crippen molar-refractivity contribution in [2.45, 2.75) is 12.8 Å². The number of benzene rings is 1. The zero-order valence-electron chi connectivity index (χ0n) is 9.30. The summed E-state index contributed by atoms with van der Waals surface area (Å²) in [7, 11) is 3.00. The van der Waals surface area contributed by atoms with E-state index in [9.17, 15) is 8.78 Å². The molecule has 0 aromatic heterocycles. The summed E-state index contributed by atoms with van der Waals surface area (Å²) in [6.07, 6.45) is -0.421. The minimum atomic E-state index is -0.557. The van der Waals surface area contributed by atoms with E-state index >= 15 is 0 Å². The normalized spacial score (nSPS) is 11.1. The van der Waals surface area contributed by atoms with Crippen LogP contribution in [-0.2, 0) is 16.0 Å². The number of hydrogen-bond acceptors (Lipinski definition) is 3. The smallest absolute Gasteiger partial charge is 0.169 e. The van der Waals surface area contributed by atoms with E-state index in [1.54, 1.807) is 0 Å². The van der Waals surface area contributed by atoms with Crippen molar-refractivity contribution >= 4 is 0 Å². The van der Waals surface area contributed by atoms with Crippen molar-refractivity contribution in [2.24, 2.45) is 0 Å². The van der Waals surface area contributed by atoms with Crippen molar-refractivity contribution in [1.82, 2.24) is 5.32 Å². The maximum absolute atomic E-state index is 13.2. The van der Waals surface area contributed by atoms with Gasteiger partial charge in [0.1, 0.15) is 11.6 Å². The lowest BCUT2D eigenvalue weighted by Gasteiger charge is -2.14. The lowest BCUT2D eigenvalue weighted by molar-refractivity contribution is -0.0989. The van der Waals surface area contributed by atoms with Crippen molar-refractivity contribution in [3.63, 3.8) is 0 Å². The molecule has 0 radical (unpaired) electrons. The highest BCUT2D eigenvalue weighted by Crippen LogP contribution is 2.11. The van der Waals surface area contributed by atoms with Crippen LogP contribution in [-0.4, -0.2) is 27.1 Å². The molecule has 0 aliphatic heterocycles. The molecule has 90 valence electrons. The number of nitrogens with one attached hydrogen (secondary N) is 1. The van der Waals surface area contributed by atoms with Crippen LogP contribution in [0.4, 0.5) is 8.78 Å². The second-order valence-electron chi connectivity index (χ2n) is 3.23. The number of methoxy groups -OCH3 is 2. The molecule has 0 saturated heterocycles. The second-order valence-corrected chi connectivity index (χ2v) is 3.23. The molecule has 3 nitrogen and oxygen atoms in total. The Morgan fingerprint density at radius 3 is 2.25 bits per heavy atom. The Morgan fingerprint density at radius 2 is 1.75 bits per heavy atom. The first-order valence-electron chi connectivity index (χ1n) is 4.88. The minimum absolute atomic E-state index is 0.0217. The maximum atomic E-state index is 13.2. The molecule has 5 heteroatoms. The second kappa shape index (κ2) is 6.52. The van der Waals surface area contributed by atoms with Crippen LogP contribution in [0.2, 0.25) is 0 Å². The lowest BCUT2D eigenvalue weighted by Crippen LogP contribution is -2.29. The molecule has 0 atom stereocenters. The zero-order chi connectivity index (χ0) is 12.0. The van der Waals surface area contributed by atoms with Gasteiger partial charge < -0.3 is 14.8 Å². The van der Waals surface area contributed by atoms with E-state index in [2.05, 4.69) is 5.32 Å². The molecule has 0 fully saturated rings. The number of hydrogen-bond donors (Lipinski definition) is 1. The number of halogens is 2. The Kier molecular flexibility index (Phi) is 5.31. The summed E-state index contributed by atoms with van der Waals surface area (Å²) >= 11 is 0. The van der Waals surface area contributed by atoms with Gasteiger partial charge in [0.05, 0.1) is 0 Å². The van der Waals surface area contributed by atoms with Gasteiger partial charge in [0, 0.05) is 32.9 Å². The van der Waals surface area contributed by atoms with Crippen molar-refractivity contribution in [2.75, 3.05) is 20.8 Å². The van der Waals surface area contributed by atoms with Gasteiger partial charge in [-0.3, -0.25) is 0 Å². The maximum Gasteiger partial charge on any atom is 0.169 e. The SMILES string of the molecule is COC(CNCc1c(F)cccc1F)OC. The van der Waals surface area contributed by atoms with Gasteiger partial charge >= 0.3 is 0 Å². The molecule has 1 N–H and O–H groups in total. The first-order chi connectivity index (χ1) is 7.69. The van der Waals surface area contributed by atoms with E-state index < -0.39 is 17.9 Å². The van der Waals surface area contributed by atoms with Crippen LogP contribution in [0.5, 0.6) is 0 Å². The van der Waals surface area contributed by atoms with E-state index in [1.165, 1.54) is 32.4 Å².